The van der Waals surface area contributed by atoms with Crippen molar-refractivity contribution in [2.75, 3.05) is 5.32 Å². The van der Waals surface area contributed by atoms with Crippen LogP contribution in [0.2, 0.25) is 0 Å². The van der Waals surface area contributed by atoms with Crippen LogP contribution in [0.5, 0.6) is 0 Å². The van der Waals surface area contributed by atoms with Gasteiger partial charge in [-0.05, 0) is 42.0 Å². The lowest BCUT2D eigenvalue weighted by atomic mass is 10.1. The first-order valence-corrected chi connectivity index (χ1v) is 10.9. The predicted molar refractivity (Wildman–Crippen MR) is 126 cm³/mol. The number of para-hydroxylation sites is 1. The summed E-state index contributed by atoms with van der Waals surface area (Å²) in [6, 6.07) is 20.3. The zero-order chi connectivity index (χ0) is 23.5. The summed E-state index contributed by atoms with van der Waals surface area (Å²) in [5.74, 6) is -0.611. The Morgan fingerprint density at radius 1 is 0.912 bits per heavy atom. The van der Waals surface area contributed by atoms with Gasteiger partial charge in [0, 0.05) is 42.7 Å². The monoisotopic (exact) mass is 451 g/mol. The van der Waals surface area contributed by atoms with E-state index in [0.29, 0.717) is 16.9 Å². The third-order valence-corrected chi connectivity index (χ3v) is 5.62. The van der Waals surface area contributed by atoms with Crippen LogP contribution in [-0.2, 0) is 16.1 Å². The summed E-state index contributed by atoms with van der Waals surface area (Å²) in [7, 11) is 0. The minimum atomic E-state index is -0.307. The van der Waals surface area contributed by atoms with Gasteiger partial charge in [-0.1, -0.05) is 30.3 Å². The van der Waals surface area contributed by atoms with E-state index in [4.69, 9.17) is 0 Å². The first-order chi connectivity index (χ1) is 16.6. The fraction of sp³-hybridized carbons (Fsp3) is 0.115. The lowest BCUT2D eigenvalue weighted by Gasteiger charge is -2.14. The molecule has 168 valence electrons. The normalized spacial score (nSPS) is 13.4. The second-order valence-corrected chi connectivity index (χ2v) is 7.94. The van der Waals surface area contributed by atoms with Gasteiger partial charge in [-0.3, -0.25) is 24.3 Å². The van der Waals surface area contributed by atoms with E-state index in [2.05, 4.69) is 15.4 Å². The van der Waals surface area contributed by atoms with Gasteiger partial charge in [0.1, 0.15) is 5.69 Å². The van der Waals surface area contributed by atoms with Crippen LogP contribution in [0.3, 0.4) is 0 Å². The molecule has 0 atom stereocenters. The molecule has 1 aliphatic heterocycles. The van der Waals surface area contributed by atoms with Gasteiger partial charge in [-0.2, -0.15) is 5.10 Å². The smallest absolute Gasteiger partial charge is 0.259 e. The molecule has 2 aromatic heterocycles. The van der Waals surface area contributed by atoms with Crippen molar-refractivity contribution in [2.45, 2.75) is 19.4 Å². The molecular formula is C26H21N5O3. The summed E-state index contributed by atoms with van der Waals surface area (Å²) >= 11 is 0. The number of rotatable bonds is 6. The van der Waals surface area contributed by atoms with Gasteiger partial charge in [0.2, 0.25) is 11.8 Å². The average molecular weight is 451 g/mol. The quantitative estimate of drug-likeness (QED) is 0.449. The van der Waals surface area contributed by atoms with Crippen LogP contribution in [0.15, 0.2) is 85.3 Å². The molecule has 5 rings (SSSR count). The maximum Gasteiger partial charge on any atom is 0.259 e. The maximum absolute atomic E-state index is 13.2. The Morgan fingerprint density at radius 3 is 2.32 bits per heavy atom. The van der Waals surface area contributed by atoms with Crippen LogP contribution >= 0.6 is 0 Å². The Kier molecular flexibility index (Phi) is 5.70. The van der Waals surface area contributed by atoms with Crippen molar-refractivity contribution in [1.29, 1.82) is 0 Å². The SMILES string of the molecule is O=C(Nc1ccc(CN2C(=O)CCC2=O)cc1)c1cn(-c2ccccc2)nc1-c1cccnc1. The Bertz CT molecular complexity index is 1330. The third-order valence-electron chi connectivity index (χ3n) is 5.62. The molecule has 0 unspecified atom stereocenters. The zero-order valence-corrected chi connectivity index (χ0v) is 18.2. The first-order valence-electron chi connectivity index (χ1n) is 10.9. The van der Waals surface area contributed by atoms with Crippen molar-refractivity contribution in [3.63, 3.8) is 0 Å². The summed E-state index contributed by atoms with van der Waals surface area (Å²) < 4.78 is 1.67. The summed E-state index contributed by atoms with van der Waals surface area (Å²) in [5.41, 5.74) is 3.91. The number of carbonyl (C=O) groups is 3. The highest BCUT2D eigenvalue weighted by Gasteiger charge is 2.28. The number of benzene rings is 2. The lowest BCUT2D eigenvalue weighted by molar-refractivity contribution is -0.139. The van der Waals surface area contributed by atoms with E-state index in [-0.39, 0.29) is 37.1 Å². The number of imide groups is 1. The molecule has 4 aromatic rings. The maximum atomic E-state index is 13.2. The lowest BCUT2D eigenvalue weighted by Crippen LogP contribution is -2.28. The molecule has 0 saturated carbocycles. The summed E-state index contributed by atoms with van der Waals surface area (Å²) in [4.78, 5) is 42.3. The van der Waals surface area contributed by atoms with E-state index in [1.807, 2.05) is 36.4 Å². The molecule has 0 bridgehead atoms. The second kappa shape index (κ2) is 9.11. The van der Waals surface area contributed by atoms with E-state index in [0.717, 1.165) is 16.8 Å². The van der Waals surface area contributed by atoms with Gasteiger partial charge >= 0.3 is 0 Å². The standard InChI is InChI=1S/C26H21N5O3/c32-23-12-13-24(33)30(23)16-18-8-10-20(11-9-18)28-26(34)22-17-31(21-6-2-1-3-7-21)29-25(22)19-5-4-14-27-15-19/h1-11,14-15,17H,12-13,16H2,(H,28,34). The summed E-state index contributed by atoms with van der Waals surface area (Å²) in [6.45, 7) is 0.237. The molecule has 3 heterocycles. The van der Waals surface area contributed by atoms with E-state index in [1.165, 1.54) is 4.90 Å². The van der Waals surface area contributed by atoms with Crippen LogP contribution in [0.4, 0.5) is 5.69 Å². The van der Waals surface area contributed by atoms with Crippen molar-refractivity contribution in [3.8, 4) is 16.9 Å². The Morgan fingerprint density at radius 2 is 1.65 bits per heavy atom. The van der Waals surface area contributed by atoms with Crippen molar-refractivity contribution in [3.05, 3.63) is 96.4 Å². The number of nitrogens with zero attached hydrogens (tertiary/aromatic N) is 4. The van der Waals surface area contributed by atoms with Gasteiger partial charge in [0.05, 0.1) is 17.8 Å². The van der Waals surface area contributed by atoms with Crippen LogP contribution < -0.4 is 5.32 Å². The molecule has 8 heteroatoms. The van der Waals surface area contributed by atoms with Crippen LogP contribution in [0, 0.1) is 0 Å². The molecular weight excluding hydrogens is 430 g/mol. The van der Waals surface area contributed by atoms with E-state index in [1.54, 1.807) is 53.6 Å². The molecule has 3 amide bonds. The minimum absolute atomic E-state index is 0.152. The summed E-state index contributed by atoms with van der Waals surface area (Å²) in [6.07, 6.45) is 5.57. The number of hydrogen-bond donors (Lipinski definition) is 1. The van der Waals surface area contributed by atoms with E-state index in [9.17, 15) is 14.4 Å². The molecule has 2 aromatic carbocycles. The molecule has 8 nitrogen and oxygen atoms in total. The van der Waals surface area contributed by atoms with Crippen LogP contribution in [0.25, 0.3) is 16.9 Å². The highest BCUT2D eigenvalue weighted by molar-refractivity contribution is 6.08. The minimum Gasteiger partial charge on any atom is -0.322 e. The fourth-order valence-electron chi connectivity index (χ4n) is 3.84. The van der Waals surface area contributed by atoms with Crippen molar-refractivity contribution in [1.82, 2.24) is 19.7 Å². The van der Waals surface area contributed by atoms with Crippen molar-refractivity contribution >= 4 is 23.4 Å². The average Bonchev–Trinajstić information content (AvgIpc) is 3.46. The van der Waals surface area contributed by atoms with Gasteiger partial charge < -0.3 is 5.32 Å². The molecule has 0 spiro atoms. The first kappa shape index (κ1) is 21.3. The number of carbonyl (C=O) groups excluding carboxylic acids is 3. The number of hydrogen-bond acceptors (Lipinski definition) is 5. The number of aromatic nitrogens is 3. The zero-order valence-electron chi connectivity index (χ0n) is 18.2. The molecule has 34 heavy (non-hydrogen) atoms. The Hall–Kier alpha value is -4.59. The highest BCUT2D eigenvalue weighted by atomic mass is 16.2. The molecule has 1 fully saturated rings. The van der Waals surface area contributed by atoms with Crippen LogP contribution in [-0.4, -0.2) is 37.4 Å². The Balaban J connectivity index is 1.38. The van der Waals surface area contributed by atoms with Gasteiger partial charge in [-0.25, -0.2) is 4.68 Å². The summed E-state index contributed by atoms with van der Waals surface area (Å²) in [5, 5.41) is 7.56. The van der Waals surface area contributed by atoms with E-state index < -0.39 is 0 Å². The highest BCUT2D eigenvalue weighted by Crippen LogP contribution is 2.24. The third kappa shape index (κ3) is 4.33. The number of anilines is 1. The number of amides is 3. The van der Waals surface area contributed by atoms with Gasteiger partial charge in [0.15, 0.2) is 0 Å². The largest absolute Gasteiger partial charge is 0.322 e. The van der Waals surface area contributed by atoms with Gasteiger partial charge in [-0.15, -0.1) is 0 Å². The molecule has 0 aliphatic carbocycles. The number of nitrogens with one attached hydrogen (secondary N) is 1. The molecule has 1 saturated heterocycles. The molecule has 1 N–H and O–H groups in total. The van der Waals surface area contributed by atoms with Crippen molar-refractivity contribution < 1.29 is 14.4 Å². The number of pyridine rings is 1. The fourth-order valence-corrected chi connectivity index (χ4v) is 3.84. The Labute approximate surface area is 195 Å². The molecule has 0 radical (unpaired) electrons. The number of likely N-dealkylation sites (tertiary alicyclic amines) is 1. The second-order valence-electron chi connectivity index (χ2n) is 7.94. The van der Waals surface area contributed by atoms with Crippen LogP contribution in [0.1, 0.15) is 28.8 Å². The van der Waals surface area contributed by atoms with Gasteiger partial charge in [0.25, 0.3) is 5.91 Å². The van der Waals surface area contributed by atoms with E-state index >= 15 is 0 Å². The predicted octanol–water partition coefficient (Wildman–Crippen LogP) is 3.84. The molecule has 1 aliphatic rings. The topological polar surface area (TPSA) is 97.2 Å². The van der Waals surface area contributed by atoms with Crippen molar-refractivity contribution in [2.24, 2.45) is 0 Å².